The number of unbranched alkanes of at least 4 members (excludes halogenated alkanes) is 11. The minimum atomic E-state index is -0.664. The van der Waals surface area contributed by atoms with Crippen molar-refractivity contribution in [1.82, 2.24) is 10.6 Å². The van der Waals surface area contributed by atoms with Crippen molar-refractivity contribution in [2.75, 3.05) is 26.2 Å². The van der Waals surface area contributed by atoms with E-state index >= 15 is 0 Å². The number of rotatable bonds is 15. The van der Waals surface area contributed by atoms with Gasteiger partial charge in [0.2, 0.25) is 0 Å². The maximum Gasteiger partial charge on any atom is 0.303 e. The van der Waals surface area contributed by atoms with Crippen LogP contribution in [0.5, 0.6) is 0 Å². The lowest BCUT2D eigenvalue weighted by Crippen LogP contribution is -2.39. The summed E-state index contributed by atoms with van der Waals surface area (Å²) in [6.45, 7) is 6.81. The molecule has 1 aliphatic rings. The predicted octanol–water partition coefficient (Wildman–Crippen LogP) is 5.29. The second-order valence-electron chi connectivity index (χ2n) is 7.23. The number of nitrogens with one attached hydrogen (secondary N) is 2. The van der Waals surface area contributed by atoms with Crippen LogP contribution in [-0.2, 0) is 4.79 Å². The summed E-state index contributed by atoms with van der Waals surface area (Å²) in [5.74, 6) is -0.664. The first-order chi connectivity index (χ1) is 12.8. The van der Waals surface area contributed by atoms with Crippen molar-refractivity contribution < 1.29 is 9.90 Å². The number of piperazine rings is 1. The van der Waals surface area contributed by atoms with Crippen LogP contribution in [0.1, 0.15) is 96.8 Å². The minimum Gasteiger partial charge on any atom is -0.481 e. The fraction of sp³-hybridized carbons (Fsp3) is 0.864. The lowest BCUT2D eigenvalue weighted by molar-refractivity contribution is -0.137. The highest BCUT2D eigenvalue weighted by molar-refractivity contribution is 5.66. The molecule has 0 aromatic rings. The molecule has 0 atom stereocenters. The van der Waals surface area contributed by atoms with Crippen LogP contribution >= 0.6 is 0 Å². The summed E-state index contributed by atoms with van der Waals surface area (Å²) < 4.78 is 0. The van der Waals surface area contributed by atoms with Crippen molar-refractivity contribution in [2.45, 2.75) is 96.8 Å². The Morgan fingerprint density at radius 3 is 1.58 bits per heavy atom. The minimum absolute atomic E-state index is 0.332. The van der Waals surface area contributed by atoms with Crippen molar-refractivity contribution in [1.29, 1.82) is 0 Å². The Balaban J connectivity index is 0.000000867. The van der Waals surface area contributed by atoms with Gasteiger partial charge in [-0.1, -0.05) is 70.4 Å². The molecule has 1 fully saturated rings. The lowest BCUT2D eigenvalue weighted by Gasteiger charge is -2.11. The Kier molecular flexibility index (Phi) is 21.4. The van der Waals surface area contributed by atoms with Gasteiger partial charge in [0.1, 0.15) is 0 Å². The van der Waals surface area contributed by atoms with Crippen LogP contribution < -0.4 is 10.6 Å². The number of carboxylic acid groups (broad SMARTS) is 1. The van der Waals surface area contributed by atoms with Gasteiger partial charge < -0.3 is 15.7 Å². The molecule has 0 spiro atoms. The molecule has 1 saturated heterocycles. The van der Waals surface area contributed by atoms with Crippen LogP contribution in [0, 0.1) is 0 Å². The van der Waals surface area contributed by atoms with Gasteiger partial charge in [-0.05, 0) is 32.1 Å². The van der Waals surface area contributed by atoms with Gasteiger partial charge in [-0.25, -0.2) is 0 Å². The van der Waals surface area contributed by atoms with E-state index in [1.54, 1.807) is 0 Å². The monoisotopic (exact) mass is 368 g/mol. The Bertz CT molecular complexity index is 304. The van der Waals surface area contributed by atoms with Crippen LogP contribution in [0.2, 0.25) is 0 Å². The molecular weight excluding hydrogens is 324 g/mol. The number of carbonyl (C=O) groups is 1. The summed E-state index contributed by atoms with van der Waals surface area (Å²) in [5, 5.41) is 15.0. The standard InChI is InChI=1S/C18H34O2.C4H10N2/c1-2-3-4-5-6-7-8-9-10-11-12-13-14-15-16-17-18(19)20;1-2-6-4-3-5-1/h9-10H,2-8,11-17H2,1H3,(H,19,20);5-6H,1-4H2. The van der Waals surface area contributed by atoms with Crippen LogP contribution in [0.25, 0.3) is 0 Å². The number of aliphatic carboxylic acids is 1. The largest absolute Gasteiger partial charge is 0.481 e. The highest BCUT2D eigenvalue weighted by atomic mass is 16.4. The fourth-order valence-corrected chi connectivity index (χ4v) is 2.95. The van der Waals surface area contributed by atoms with E-state index in [1.807, 2.05) is 0 Å². The van der Waals surface area contributed by atoms with Crippen LogP contribution in [0.3, 0.4) is 0 Å². The molecule has 0 aromatic heterocycles. The highest BCUT2D eigenvalue weighted by Crippen LogP contribution is 2.09. The third-order valence-corrected chi connectivity index (χ3v) is 4.61. The van der Waals surface area contributed by atoms with Crippen molar-refractivity contribution in [3.63, 3.8) is 0 Å². The van der Waals surface area contributed by atoms with Crippen molar-refractivity contribution in [3.8, 4) is 0 Å². The molecule has 0 saturated carbocycles. The maximum atomic E-state index is 10.3. The van der Waals surface area contributed by atoms with Crippen LogP contribution in [0.4, 0.5) is 0 Å². The van der Waals surface area contributed by atoms with Gasteiger partial charge in [0.15, 0.2) is 0 Å². The third-order valence-electron chi connectivity index (χ3n) is 4.61. The van der Waals surface area contributed by atoms with Gasteiger partial charge in [0.25, 0.3) is 0 Å². The fourth-order valence-electron chi connectivity index (χ4n) is 2.95. The van der Waals surface area contributed by atoms with Gasteiger partial charge in [-0.15, -0.1) is 0 Å². The second-order valence-corrected chi connectivity index (χ2v) is 7.23. The molecule has 4 nitrogen and oxygen atoms in total. The molecule has 0 aliphatic carbocycles. The normalized spacial score (nSPS) is 14.2. The van der Waals surface area contributed by atoms with Crippen LogP contribution in [-0.4, -0.2) is 37.3 Å². The molecule has 1 heterocycles. The van der Waals surface area contributed by atoms with E-state index in [2.05, 4.69) is 29.7 Å². The quantitative estimate of drug-likeness (QED) is 0.271. The van der Waals surface area contributed by atoms with E-state index in [0.717, 1.165) is 39.0 Å². The molecule has 1 rings (SSSR count). The molecule has 1 aliphatic heterocycles. The Morgan fingerprint density at radius 1 is 0.731 bits per heavy atom. The molecule has 0 amide bonds. The van der Waals surface area contributed by atoms with Crippen molar-refractivity contribution in [3.05, 3.63) is 12.2 Å². The van der Waals surface area contributed by atoms with Gasteiger partial charge in [0.05, 0.1) is 0 Å². The van der Waals surface area contributed by atoms with Gasteiger partial charge in [-0.2, -0.15) is 0 Å². The Hall–Kier alpha value is -0.870. The molecule has 3 N–H and O–H groups in total. The van der Waals surface area contributed by atoms with E-state index in [4.69, 9.17) is 5.11 Å². The first-order valence-corrected chi connectivity index (χ1v) is 11.1. The summed E-state index contributed by atoms with van der Waals surface area (Å²) in [6.07, 6.45) is 21.2. The van der Waals surface area contributed by atoms with Gasteiger partial charge in [0, 0.05) is 32.6 Å². The average molecular weight is 369 g/mol. The zero-order valence-corrected chi connectivity index (χ0v) is 17.2. The molecule has 0 unspecified atom stereocenters. The molecular formula is C22H44N2O2. The first kappa shape index (κ1) is 25.1. The highest BCUT2D eigenvalue weighted by Gasteiger charge is 1.96. The number of allylic oxidation sites excluding steroid dienone is 2. The van der Waals surface area contributed by atoms with Crippen molar-refractivity contribution >= 4 is 5.97 Å². The maximum absolute atomic E-state index is 10.3. The molecule has 0 aromatic carbocycles. The third kappa shape index (κ3) is 23.1. The molecule has 4 heteroatoms. The molecule has 0 bridgehead atoms. The first-order valence-electron chi connectivity index (χ1n) is 11.1. The summed E-state index contributed by atoms with van der Waals surface area (Å²) in [4.78, 5) is 10.3. The lowest BCUT2D eigenvalue weighted by atomic mass is 10.1. The van der Waals surface area contributed by atoms with E-state index in [-0.39, 0.29) is 0 Å². The molecule has 0 radical (unpaired) electrons. The summed E-state index contributed by atoms with van der Waals surface area (Å²) in [5.41, 5.74) is 0. The molecule has 154 valence electrons. The summed E-state index contributed by atoms with van der Waals surface area (Å²) >= 11 is 0. The van der Waals surface area contributed by atoms with E-state index in [9.17, 15) is 4.79 Å². The number of hydrogen-bond acceptors (Lipinski definition) is 3. The average Bonchev–Trinajstić information content (AvgIpc) is 2.66. The van der Waals surface area contributed by atoms with E-state index < -0.39 is 5.97 Å². The van der Waals surface area contributed by atoms with Gasteiger partial charge in [-0.3, -0.25) is 4.79 Å². The zero-order chi connectivity index (χ0) is 19.1. The Labute approximate surface area is 162 Å². The SMILES string of the molecule is C1CNCCN1.CCCCCCCCC=CCCCCCCCC(=O)O. The summed E-state index contributed by atoms with van der Waals surface area (Å²) in [7, 11) is 0. The van der Waals surface area contributed by atoms with E-state index in [1.165, 1.54) is 70.6 Å². The Morgan fingerprint density at radius 2 is 1.15 bits per heavy atom. The zero-order valence-electron chi connectivity index (χ0n) is 17.2. The number of hydrogen-bond donors (Lipinski definition) is 3. The second kappa shape index (κ2) is 22.2. The molecule has 26 heavy (non-hydrogen) atoms. The smallest absolute Gasteiger partial charge is 0.303 e. The van der Waals surface area contributed by atoms with E-state index in [0.29, 0.717) is 6.42 Å². The predicted molar refractivity (Wildman–Crippen MR) is 113 cm³/mol. The number of carboxylic acids is 1. The topological polar surface area (TPSA) is 61.4 Å². The van der Waals surface area contributed by atoms with Crippen molar-refractivity contribution in [2.24, 2.45) is 0 Å². The van der Waals surface area contributed by atoms with Gasteiger partial charge >= 0.3 is 5.97 Å². The van der Waals surface area contributed by atoms with Crippen LogP contribution in [0.15, 0.2) is 12.2 Å². The summed E-state index contributed by atoms with van der Waals surface area (Å²) in [6, 6.07) is 0.